The topological polar surface area (TPSA) is 70.4 Å². The Hall–Kier alpha value is -2.22. The van der Waals surface area contributed by atoms with Gasteiger partial charge in [0.25, 0.3) is 0 Å². The summed E-state index contributed by atoms with van der Waals surface area (Å²) >= 11 is 12.1. The maximum Gasteiger partial charge on any atom is 0.237 e. The van der Waals surface area contributed by atoms with Crippen LogP contribution in [0.15, 0.2) is 52.4 Å². The molecule has 6 nitrogen and oxygen atoms in total. The van der Waals surface area contributed by atoms with Gasteiger partial charge in [0, 0.05) is 22.5 Å². The Kier molecular flexibility index (Phi) is 6.65. The Morgan fingerprint density at radius 1 is 1.03 bits per heavy atom. The SMILES string of the molecule is COc1cccc(Cc2c(OC)nn(C(C)C)c2S(=O)(=O)c2cc(Cl)cc(Cl)c2)c1. The van der Waals surface area contributed by atoms with Crippen LogP contribution in [0, 0.1) is 0 Å². The molecule has 0 aliphatic carbocycles. The van der Waals surface area contributed by atoms with Gasteiger partial charge < -0.3 is 9.47 Å². The van der Waals surface area contributed by atoms with E-state index in [-0.39, 0.29) is 38.3 Å². The smallest absolute Gasteiger partial charge is 0.237 e. The summed E-state index contributed by atoms with van der Waals surface area (Å²) < 4.78 is 39.5. The minimum Gasteiger partial charge on any atom is -0.497 e. The zero-order valence-electron chi connectivity index (χ0n) is 17.0. The number of rotatable bonds is 7. The molecule has 0 unspecified atom stereocenters. The Bertz CT molecular complexity index is 1150. The lowest BCUT2D eigenvalue weighted by Gasteiger charge is -2.14. The summed E-state index contributed by atoms with van der Waals surface area (Å²) in [5, 5.41) is 4.94. The normalized spacial score (nSPS) is 11.7. The molecule has 2 aromatic carbocycles. The number of nitrogens with zero attached hydrogens (tertiary/aromatic N) is 2. The van der Waals surface area contributed by atoms with E-state index in [1.54, 1.807) is 7.11 Å². The molecule has 1 heterocycles. The van der Waals surface area contributed by atoms with Gasteiger partial charge in [-0.15, -0.1) is 5.10 Å². The van der Waals surface area contributed by atoms with Gasteiger partial charge in [-0.05, 0) is 49.7 Å². The quantitative estimate of drug-likeness (QED) is 0.475. The molecule has 0 bridgehead atoms. The maximum absolute atomic E-state index is 13.7. The van der Waals surface area contributed by atoms with Crippen LogP contribution < -0.4 is 9.47 Å². The number of ether oxygens (including phenoxy) is 2. The molecule has 3 rings (SSSR count). The molecule has 160 valence electrons. The summed E-state index contributed by atoms with van der Waals surface area (Å²) in [6.07, 6.45) is 0.288. The average molecular weight is 469 g/mol. The van der Waals surface area contributed by atoms with E-state index in [4.69, 9.17) is 32.7 Å². The van der Waals surface area contributed by atoms with E-state index in [1.165, 1.54) is 30.0 Å². The summed E-state index contributed by atoms with van der Waals surface area (Å²) in [5.74, 6) is 0.923. The van der Waals surface area contributed by atoms with Crippen molar-refractivity contribution in [1.82, 2.24) is 9.78 Å². The van der Waals surface area contributed by atoms with Crippen LogP contribution in [0.25, 0.3) is 0 Å². The minimum atomic E-state index is -4.00. The summed E-state index contributed by atoms with van der Waals surface area (Å²) in [6.45, 7) is 3.71. The molecule has 0 atom stereocenters. The van der Waals surface area contributed by atoms with Gasteiger partial charge >= 0.3 is 0 Å². The Labute approximate surface area is 186 Å². The summed E-state index contributed by atoms with van der Waals surface area (Å²) in [4.78, 5) is -0.00338. The van der Waals surface area contributed by atoms with Crippen molar-refractivity contribution < 1.29 is 17.9 Å². The van der Waals surface area contributed by atoms with Crippen LogP contribution in [0.1, 0.15) is 31.0 Å². The lowest BCUT2D eigenvalue weighted by atomic mass is 10.1. The van der Waals surface area contributed by atoms with E-state index in [9.17, 15) is 8.42 Å². The third-order valence-electron chi connectivity index (χ3n) is 4.52. The number of aromatic nitrogens is 2. The van der Waals surface area contributed by atoms with Crippen molar-refractivity contribution in [2.45, 2.75) is 36.2 Å². The predicted molar refractivity (Wildman–Crippen MR) is 117 cm³/mol. The zero-order chi connectivity index (χ0) is 22.1. The maximum atomic E-state index is 13.7. The van der Waals surface area contributed by atoms with Crippen LogP contribution in [0.2, 0.25) is 10.0 Å². The van der Waals surface area contributed by atoms with Crippen LogP contribution in [-0.4, -0.2) is 32.4 Å². The molecule has 0 radical (unpaired) electrons. The summed E-state index contributed by atoms with van der Waals surface area (Å²) in [5.41, 5.74) is 1.31. The van der Waals surface area contributed by atoms with Crippen molar-refractivity contribution in [3.63, 3.8) is 0 Å². The number of sulfone groups is 1. The van der Waals surface area contributed by atoms with Crippen LogP contribution in [0.3, 0.4) is 0 Å². The van der Waals surface area contributed by atoms with E-state index >= 15 is 0 Å². The first kappa shape index (κ1) is 22.5. The Balaban J connectivity index is 2.25. The fourth-order valence-electron chi connectivity index (χ4n) is 3.17. The number of methoxy groups -OCH3 is 2. The third-order valence-corrected chi connectivity index (χ3v) is 6.76. The molecule has 0 aliphatic heterocycles. The molecule has 0 spiro atoms. The lowest BCUT2D eigenvalue weighted by molar-refractivity contribution is 0.378. The van der Waals surface area contributed by atoms with Crippen LogP contribution in [0.4, 0.5) is 0 Å². The molecule has 30 heavy (non-hydrogen) atoms. The molecular formula is C21H22Cl2N2O4S. The second-order valence-corrected chi connectivity index (χ2v) is 9.71. The monoisotopic (exact) mass is 468 g/mol. The van der Waals surface area contributed by atoms with Crippen LogP contribution in [0.5, 0.6) is 11.6 Å². The van der Waals surface area contributed by atoms with Crippen molar-refractivity contribution in [2.24, 2.45) is 0 Å². The number of hydrogen-bond donors (Lipinski definition) is 0. The largest absolute Gasteiger partial charge is 0.497 e. The van der Waals surface area contributed by atoms with Gasteiger partial charge in [0.2, 0.25) is 15.7 Å². The number of hydrogen-bond acceptors (Lipinski definition) is 5. The molecule has 9 heteroatoms. The van der Waals surface area contributed by atoms with Gasteiger partial charge in [0.15, 0.2) is 5.03 Å². The second kappa shape index (κ2) is 8.88. The molecule has 3 aromatic rings. The van der Waals surface area contributed by atoms with Gasteiger partial charge in [0.1, 0.15) is 5.75 Å². The van der Waals surface area contributed by atoms with E-state index in [1.807, 2.05) is 38.1 Å². The first-order valence-electron chi connectivity index (χ1n) is 9.16. The summed E-state index contributed by atoms with van der Waals surface area (Å²) in [6, 6.07) is 11.4. The van der Waals surface area contributed by atoms with Gasteiger partial charge in [-0.2, -0.15) is 0 Å². The highest BCUT2D eigenvalue weighted by atomic mass is 35.5. The van der Waals surface area contributed by atoms with Crippen molar-refractivity contribution in [3.05, 3.63) is 63.6 Å². The first-order valence-corrected chi connectivity index (χ1v) is 11.4. The van der Waals surface area contributed by atoms with Crippen molar-refractivity contribution >= 4 is 33.0 Å². The zero-order valence-corrected chi connectivity index (χ0v) is 19.3. The standard InChI is InChI=1S/C21H22Cl2N2O4S/c1-13(2)25-21(30(26,27)18-11-15(22)10-16(23)12-18)19(20(24-25)29-4)9-14-6-5-7-17(8-14)28-3/h5-8,10-13H,9H2,1-4H3. The highest BCUT2D eigenvalue weighted by molar-refractivity contribution is 7.91. The van der Waals surface area contributed by atoms with Crippen LogP contribution in [-0.2, 0) is 16.3 Å². The number of halogens is 2. The fraction of sp³-hybridized carbons (Fsp3) is 0.286. The Morgan fingerprint density at radius 2 is 1.70 bits per heavy atom. The van der Waals surface area contributed by atoms with Crippen molar-refractivity contribution in [3.8, 4) is 11.6 Å². The minimum absolute atomic E-state index is 0.00338. The molecule has 1 aromatic heterocycles. The van der Waals surface area contributed by atoms with E-state index in [2.05, 4.69) is 5.10 Å². The van der Waals surface area contributed by atoms with Crippen molar-refractivity contribution in [2.75, 3.05) is 14.2 Å². The highest BCUT2D eigenvalue weighted by Crippen LogP contribution is 2.36. The van der Waals surface area contributed by atoms with E-state index < -0.39 is 9.84 Å². The molecule has 0 saturated carbocycles. The van der Waals surface area contributed by atoms with Crippen molar-refractivity contribution in [1.29, 1.82) is 0 Å². The first-order chi connectivity index (χ1) is 14.2. The predicted octanol–water partition coefficient (Wildman–Crippen LogP) is 5.21. The Morgan fingerprint density at radius 3 is 2.27 bits per heavy atom. The molecule has 0 N–H and O–H groups in total. The third kappa shape index (κ3) is 4.43. The fourth-order valence-corrected chi connectivity index (χ4v) is 5.59. The van der Waals surface area contributed by atoms with Gasteiger partial charge in [-0.1, -0.05) is 35.3 Å². The van der Waals surface area contributed by atoms with Gasteiger partial charge in [0.05, 0.1) is 24.7 Å². The average Bonchev–Trinajstić information content (AvgIpc) is 3.06. The van der Waals surface area contributed by atoms with Gasteiger partial charge in [-0.25, -0.2) is 13.1 Å². The molecule has 0 fully saturated rings. The highest BCUT2D eigenvalue weighted by Gasteiger charge is 2.32. The second-order valence-electron chi connectivity index (χ2n) is 6.97. The van der Waals surface area contributed by atoms with E-state index in [0.717, 1.165) is 5.56 Å². The van der Waals surface area contributed by atoms with Gasteiger partial charge in [-0.3, -0.25) is 0 Å². The molecule has 0 saturated heterocycles. The molecular weight excluding hydrogens is 447 g/mol. The van der Waals surface area contributed by atoms with E-state index in [0.29, 0.717) is 11.3 Å². The summed E-state index contributed by atoms with van der Waals surface area (Å²) in [7, 11) is -0.949. The number of benzene rings is 2. The van der Waals surface area contributed by atoms with Crippen LogP contribution >= 0.6 is 23.2 Å². The lowest BCUT2D eigenvalue weighted by Crippen LogP contribution is -2.15. The molecule has 0 amide bonds. The molecule has 0 aliphatic rings.